The van der Waals surface area contributed by atoms with Crippen LogP contribution < -0.4 is 0 Å². The molecule has 0 unspecified atom stereocenters. The number of piperidine rings is 1. The van der Waals surface area contributed by atoms with E-state index in [1.807, 2.05) is 0 Å². The van der Waals surface area contributed by atoms with Crippen LogP contribution in [0.1, 0.15) is 47.5 Å². The predicted octanol–water partition coefficient (Wildman–Crippen LogP) is 3.40. The van der Waals surface area contributed by atoms with Gasteiger partial charge in [-0.05, 0) is 49.7 Å². The zero-order valence-electron chi connectivity index (χ0n) is 10.9. The van der Waals surface area contributed by atoms with E-state index in [0.29, 0.717) is 10.8 Å². The highest BCUT2D eigenvalue weighted by atomic mass is 15.1. The van der Waals surface area contributed by atoms with E-state index in [1.54, 1.807) is 0 Å². The lowest BCUT2D eigenvalue weighted by Crippen LogP contribution is -2.48. The molecule has 1 rings (SSSR count). The minimum absolute atomic E-state index is 0.447. The summed E-state index contributed by atoms with van der Waals surface area (Å²) in [6, 6.07) is 0. The Kier molecular flexibility index (Phi) is 3.30. The minimum Gasteiger partial charge on any atom is -0.306 e. The van der Waals surface area contributed by atoms with Gasteiger partial charge in [-0.25, -0.2) is 0 Å². The Morgan fingerprint density at radius 2 is 1.50 bits per heavy atom. The van der Waals surface area contributed by atoms with Crippen molar-refractivity contribution in [1.29, 1.82) is 0 Å². The van der Waals surface area contributed by atoms with E-state index in [2.05, 4.69) is 46.6 Å². The minimum atomic E-state index is 0.447. The third-order valence-electron chi connectivity index (χ3n) is 4.48. The molecule has 14 heavy (non-hydrogen) atoms. The molecule has 0 radical (unpaired) electrons. The summed E-state index contributed by atoms with van der Waals surface area (Å²) in [6.07, 6.45) is 2.73. The van der Waals surface area contributed by atoms with Gasteiger partial charge >= 0.3 is 0 Å². The molecule has 0 N–H and O–H groups in total. The Labute approximate surface area is 89.9 Å². The molecule has 1 saturated heterocycles. The summed E-state index contributed by atoms with van der Waals surface area (Å²) >= 11 is 0. The Morgan fingerprint density at radius 1 is 1.07 bits per heavy atom. The van der Waals surface area contributed by atoms with Gasteiger partial charge in [-0.15, -0.1) is 0 Å². The summed E-state index contributed by atoms with van der Waals surface area (Å²) in [5.74, 6) is 0.802. The van der Waals surface area contributed by atoms with Crippen molar-refractivity contribution in [2.24, 2.45) is 16.7 Å². The van der Waals surface area contributed by atoms with E-state index in [0.717, 1.165) is 5.92 Å². The van der Waals surface area contributed by atoms with Gasteiger partial charge in [0.15, 0.2) is 0 Å². The van der Waals surface area contributed by atoms with Crippen molar-refractivity contribution in [3.05, 3.63) is 0 Å². The summed E-state index contributed by atoms with van der Waals surface area (Å²) in [4.78, 5) is 2.46. The first-order valence-electron chi connectivity index (χ1n) is 5.98. The summed E-state index contributed by atoms with van der Waals surface area (Å²) in [6.45, 7) is 14.6. The van der Waals surface area contributed by atoms with Crippen LogP contribution >= 0.6 is 0 Å². The van der Waals surface area contributed by atoms with Crippen molar-refractivity contribution < 1.29 is 0 Å². The van der Waals surface area contributed by atoms with Crippen molar-refractivity contribution in [3.8, 4) is 0 Å². The maximum atomic E-state index is 2.46. The molecular weight excluding hydrogens is 170 g/mol. The Balaban J connectivity index is 2.84. The molecule has 1 heterocycles. The molecular formula is C13H27N. The molecule has 84 valence electrons. The van der Waals surface area contributed by atoms with Crippen molar-refractivity contribution in [2.75, 3.05) is 20.1 Å². The van der Waals surface area contributed by atoms with Crippen LogP contribution in [0.3, 0.4) is 0 Å². The Bertz CT molecular complexity index is 180. The molecule has 1 aliphatic rings. The lowest BCUT2D eigenvalue weighted by Gasteiger charge is -2.52. The number of hydrogen-bond acceptors (Lipinski definition) is 1. The highest BCUT2D eigenvalue weighted by Crippen LogP contribution is 2.51. The van der Waals surface area contributed by atoms with Gasteiger partial charge in [-0.3, -0.25) is 0 Å². The molecule has 1 heteroatoms. The fourth-order valence-electron chi connectivity index (χ4n) is 3.21. The van der Waals surface area contributed by atoms with Gasteiger partial charge in [0, 0.05) is 0 Å². The zero-order chi connectivity index (χ0) is 11.0. The number of nitrogens with zero attached hydrogens (tertiary/aromatic N) is 1. The standard InChI is InChI=1S/C13H27N/c1-11(2)13(12(3,4)5)7-9-14(6)10-8-13/h11H,7-10H2,1-6H3. The van der Waals surface area contributed by atoms with Gasteiger partial charge in [-0.1, -0.05) is 34.6 Å². The van der Waals surface area contributed by atoms with Gasteiger partial charge in [-0.2, -0.15) is 0 Å². The number of likely N-dealkylation sites (tertiary alicyclic amines) is 1. The molecule has 0 bridgehead atoms. The van der Waals surface area contributed by atoms with E-state index in [4.69, 9.17) is 0 Å². The lowest BCUT2D eigenvalue weighted by atomic mass is 9.56. The SMILES string of the molecule is CC(C)C1(C(C)(C)C)CCN(C)CC1. The van der Waals surface area contributed by atoms with Crippen LogP contribution in [-0.2, 0) is 0 Å². The Morgan fingerprint density at radius 3 is 1.79 bits per heavy atom. The van der Waals surface area contributed by atoms with Crippen molar-refractivity contribution in [1.82, 2.24) is 4.90 Å². The predicted molar refractivity (Wildman–Crippen MR) is 63.5 cm³/mol. The Hall–Kier alpha value is -0.0400. The van der Waals surface area contributed by atoms with E-state index in [-0.39, 0.29) is 0 Å². The molecule has 1 fully saturated rings. The summed E-state index contributed by atoms with van der Waals surface area (Å²) in [5, 5.41) is 0. The smallest absolute Gasteiger partial charge is 0.00162 e. The van der Waals surface area contributed by atoms with Crippen molar-refractivity contribution in [3.63, 3.8) is 0 Å². The first kappa shape index (κ1) is 12.0. The maximum absolute atomic E-state index is 2.46. The average molecular weight is 197 g/mol. The van der Waals surface area contributed by atoms with E-state index in [9.17, 15) is 0 Å². The van der Waals surface area contributed by atoms with Gasteiger partial charge in [0.2, 0.25) is 0 Å². The fourth-order valence-corrected chi connectivity index (χ4v) is 3.21. The second kappa shape index (κ2) is 3.84. The van der Waals surface area contributed by atoms with Crippen LogP contribution in [0, 0.1) is 16.7 Å². The molecule has 0 amide bonds. The van der Waals surface area contributed by atoms with Gasteiger partial charge < -0.3 is 4.90 Å². The second-order valence-electron chi connectivity index (χ2n) is 6.36. The molecule has 0 atom stereocenters. The molecule has 0 saturated carbocycles. The highest BCUT2D eigenvalue weighted by Gasteiger charge is 2.45. The summed E-state index contributed by atoms with van der Waals surface area (Å²) in [5.41, 5.74) is 1.00. The van der Waals surface area contributed by atoms with E-state index >= 15 is 0 Å². The van der Waals surface area contributed by atoms with Gasteiger partial charge in [0.25, 0.3) is 0 Å². The van der Waals surface area contributed by atoms with Crippen LogP contribution in [0.25, 0.3) is 0 Å². The highest BCUT2D eigenvalue weighted by molar-refractivity contribution is 4.95. The molecule has 0 aromatic carbocycles. The van der Waals surface area contributed by atoms with Crippen LogP contribution in [-0.4, -0.2) is 25.0 Å². The van der Waals surface area contributed by atoms with Crippen molar-refractivity contribution >= 4 is 0 Å². The quantitative estimate of drug-likeness (QED) is 0.623. The van der Waals surface area contributed by atoms with Gasteiger partial charge in [0.1, 0.15) is 0 Å². The van der Waals surface area contributed by atoms with Crippen LogP contribution in [0.4, 0.5) is 0 Å². The molecule has 1 aliphatic heterocycles. The molecule has 1 nitrogen and oxygen atoms in total. The number of rotatable bonds is 1. The number of hydrogen-bond donors (Lipinski definition) is 0. The van der Waals surface area contributed by atoms with Crippen LogP contribution in [0.2, 0.25) is 0 Å². The molecule has 0 spiro atoms. The fraction of sp³-hybridized carbons (Fsp3) is 1.00. The second-order valence-corrected chi connectivity index (χ2v) is 6.36. The molecule has 0 aromatic rings. The van der Waals surface area contributed by atoms with Crippen molar-refractivity contribution in [2.45, 2.75) is 47.5 Å². The first-order valence-corrected chi connectivity index (χ1v) is 5.98. The van der Waals surface area contributed by atoms with Crippen LogP contribution in [0.5, 0.6) is 0 Å². The molecule has 0 aliphatic carbocycles. The zero-order valence-corrected chi connectivity index (χ0v) is 10.9. The first-order chi connectivity index (χ1) is 6.29. The monoisotopic (exact) mass is 197 g/mol. The maximum Gasteiger partial charge on any atom is -0.00162 e. The van der Waals surface area contributed by atoms with E-state index < -0.39 is 0 Å². The third kappa shape index (κ3) is 1.98. The summed E-state index contributed by atoms with van der Waals surface area (Å²) < 4.78 is 0. The average Bonchev–Trinajstić information content (AvgIpc) is 2.02. The molecule has 0 aromatic heterocycles. The lowest BCUT2D eigenvalue weighted by molar-refractivity contribution is -0.0283. The third-order valence-corrected chi connectivity index (χ3v) is 4.48. The largest absolute Gasteiger partial charge is 0.306 e. The summed E-state index contributed by atoms with van der Waals surface area (Å²) in [7, 11) is 2.24. The van der Waals surface area contributed by atoms with E-state index in [1.165, 1.54) is 25.9 Å². The van der Waals surface area contributed by atoms with Gasteiger partial charge in [0.05, 0.1) is 0 Å². The topological polar surface area (TPSA) is 3.24 Å². The normalized spacial score (nSPS) is 24.2. The van der Waals surface area contributed by atoms with Crippen LogP contribution in [0.15, 0.2) is 0 Å².